The van der Waals surface area contributed by atoms with Crippen molar-refractivity contribution >= 4 is 34.8 Å². The second-order valence-corrected chi connectivity index (χ2v) is 7.64. The van der Waals surface area contributed by atoms with Gasteiger partial charge in [0.1, 0.15) is 17.9 Å². The van der Waals surface area contributed by atoms with Gasteiger partial charge < -0.3 is 10.2 Å². The Morgan fingerprint density at radius 2 is 1.78 bits per heavy atom. The van der Waals surface area contributed by atoms with Crippen LogP contribution >= 0.6 is 11.6 Å². The highest BCUT2D eigenvalue weighted by atomic mass is 35.5. The van der Waals surface area contributed by atoms with Crippen LogP contribution in [0.3, 0.4) is 0 Å². The number of rotatable bonds is 4. The smallest absolute Gasteiger partial charge is 0.275 e. The molecule has 0 fully saturated rings. The van der Waals surface area contributed by atoms with Gasteiger partial charge in [0, 0.05) is 16.3 Å². The number of carbonyl (C=O) groups excluding carboxylic acids is 2. The van der Waals surface area contributed by atoms with Crippen molar-refractivity contribution in [1.82, 2.24) is 4.90 Å². The van der Waals surface area contributed by atoms with Crippen LogP contribution in [0.2, 0.25) is 5.02 Å². The molecule has 0 saturated carbocycles. The molecule has 6 heteroatoms. The minimum Gasteiger partial charge on any atom is -0.325 e. The molecule has 0 bridgehead atoms. The van der Waals surface area contributed by atoms with Gasteiger partial charge in [0.2, 0.25) is 5.91 Å². The summed E-state index contributed by atoms with van der Waals surface area (Å²) < 4.78 is 0. The lowest BCUT2D eigenvalue weighted by molar-refractivity contribution is -0.131. The van der Waals surface area contributed by atoms with Gasteiger partial charge >= 0.3 is 0 Å². The number of aliphatic imine (C=N–C) groups is 1. The maximum absolute atomic E-state index is 12.9. The zero-order valence-electron chi connectivity index (χ0n) is 15.8. The minimum atomic E-state index is -0.799. The Morgan fingerprint density at radius 3 is 2.41 bits per heavy atom. The van der Waals surface area contributed by atoms with Crippen molar-refractivity contribution in [2.75, 3.05) is 11.9 Å². The van der Waals surface area contributed by atoms with E-state index in [4.69, 9.17) is 11.6 Å². The first-order chi connectivity index (χ1) is 12.7. The van der Waals surface area contributed by atoms with Crippen molar-refractivity contribution < 1.29 is 9.59 Å². The molecule has 1 heterocycles. The fraction of sp³-hybridized carbons (Fsp3) is 0.286. The van der Waals surface area contributed by atoms with Crippen LogP contribution in [0.15, 0.2) is 47.5 Å². The van der Waals surface area contributed by atoms with Crippen molar-refractivity contribution in [3.05, 3.63) is 64.2 Å². The van der Waals surface area contributed by atoms with Crippen LogP contribution in [0.5, 0.6) is 0 Å². The van der Waals surface area contributed by atoms with Gasteiger partial charge in [-0.3, -0.25) is 14.6 Å². The molecule has 0 unspecified atom stereocenters. The van der Waals surface area contributed by atoms with E-state index in [1.54, 1.807) is 24.3 Å². The summed E-state index contributed by atoms with van der Waals surface area (Å²) in [4.78, 5) is 31.4. The van der Waals surface area contributed by atoms with E-state index >= 15 is 0 Å². The number of hydrogen-bond donors (Lipinski definition) is 1. The number of nitrogens with zero attached hydrogens (tertiary/aromatic N) is 2. The van der Waals surface area contributed by atoms with Crippen molar-refractivity contribution in [2.24, 2.45) is 4.99 Å². The van der Waals surface area contributed by atoms with Gasteiger partial charge in [-0.15, -0.1) is 0 Å². The number of amides is 2. The molecule has 1 aliphatic heterocycles. The van der Waals surface area contributed by atoms with Gasteiger partial charge in [-0.1, -0.05) is 29.8 Å². The minimum absolute atomic E-state index is 0.0701. The molecular formula is C21H22ClN3O2. The van der Waals surface area contributed by atoms with Gasteiger partial charge in [0.25, 0.3) is 5.91 Å². The summed E-state index contributed by atoms with van der Waals surface area (Å²) in [7, 11) is 0. The summed E-state index contributed by atoms with van der Waals surface area (Å²) in [5, 5.41) is 3.45. The number of benzene rings is 2. The Labute approximate surface area is 164 Å². The van der Waals surface area contributed by atoms with Gasteiger partial charge in [-0.25, -0.2) is 0 Å². The van der Waals surface area contributed by atoms with Crippen LogP contribution in [-0.2, 0) is 9.59 Å². The second-order valence-electron chi connectivity index (χ2n) is 7.20. The third-order valence-electron chi connectivity index (χ3n) is 4.70. The summed E-state index contributed by atoms with van der Waals surface area (Å²) in [5.74, 6) is -0.523. The average molecular weight is 384 g/mol. The number of hydrogen-bond acceptors (Lipinski definition) is 3. The lowest BCUT2D eigenvalue weighted by Crippen LogP contribution is -2.46. The highest BCUT2D eigenvalue weighted by molar-refractivity contribution is 6.47. The normalized spacial score (nSPS) is 15.7. The molecule has 0 aromatic heterocycles. The zero-order chi connectivity index (χ0) is 19.8. The Morgan fingerprint density at radius 1 is 1.11 bits per heavy atom. The maximum atomic E-state index is 12.9. The molecule has 5 nitrogen and oxygen atoms in total. The van der Waals surface area contributed by atoms with Gasteiger partial charge in [0.15, 0.2) is 0 Å². The van der Waals surface area contributed by atoms with Crippen LogP contribution in [0.1, 0.15) is 30.5 Å². The second kappa shape index (κ2) is 7.16. The quantitative estimate of drug-likeness (QED) is 0.868. The largest absolute Gasteiger partial charge is 0.325 e. The first-order valence-corrected chi connectivity index (χ1v) is 9.10. The highest BCUT2D eigenvalue weighted by Crippen LogP contribution is 2.27. The molecule has 140 valence electrons. The molecule has 0 saturated heterocycles. The lowest BCUT2D eigenvalue weighted by atomic mass is 10.1. The average Bonchev–Trinajstić information content (AvgIpc) is 2.82. The molecule has 2 aromatic carbocycles. The van der Waals surface area contributed by atoms with E-state index in [-0.39, 0.29) is 18.4 Å². The monoisotopic (exact) mass is 383 g/mol. The molecule has 2 aromatic rings. The number of aryl methyl sites for hydroxylation is 2. The topological polar surface area (TPSA) is 61.8 Å². The molecule has 2 amide bonds. The molecule has 0 aliphatic carbocycles. The number of anilines is 1. The molecule has 0 radical (unpaired) electrons. The predicted molar refractivity (Wildman–Crippen MR) is 108 cm³/mol. The fourth-order valence-electron chi connectivity index (χ4n) is 2.98. The Bertz CT molecular complexity index is 933. The summed E-state index contributed by atoms with van der Waals surface area (Å²) in [6.45, 7) is 7.57. The molecular weight excluding hydrogens is 362 g/mol. The Balaban J connectivity index is 1.75. The van der Waals surface area contributed by atoms with Crippen molar-refractivity contribution in [1.29, 1.82) is 0 Å². The Kier molecular flexibility index (Phi) is 5.07. The van der Waals surface area contributed by atoms with E-state index in [0.29, 0.717) is 22.0 Å². The molecule has 27 heavy (non-hydrogen) atoms. The number of halogens is 1. The van der Waals surface area contributed by atoms with Gasteiger partial charge in [-0.05, 0) is 63.1 Å². The number of nitrogens with one attached hydrogen (secondary N) is 1. The molecule has 3 rings (SSSR count). The maximum Gasteiger partial charge on any atom is 0.275 e. The molecule has 0 atom stereocenters. The molecule has 0 spiro atoms. The first-order valence-electron chi connectivity index (χ1n) is 8.72. The SMILES string of the molecule is Cc1ccc(NC(=O)CN2C(=O)C(c3ccc(Cl)cc3)=NC2(C)C)cc1C. The van der Waals surface area contributed by atoms with E-state index in [2.05, 4.69) is 10.3 Å². The number of carbonyl (C=O) groups is 2. The molecule has 1 aliphatic rings. The third-order valence-corrected chi connectivity index (χ3v) is 4.96. The van der Waals surface area contributed by atoms with Crippen LogP contribution in [-0.4, -0.2) is 34.6 Å². The van der Waals surface area contributed by atoms with Gasteiger partial charge in [-0.2, -0.15) is 0 Å². The predicted octanol–water partition coefficient (Wildman–Crippen LogP) is 3.96. The summed E-state index contributed by atoms with van der Waals surface area (Å²) in [6, 6.07) is 12.7. The van der Waals surface area contributed by atoms with E-state index < -0.39 is 5.66 Å². The standard InChI is InChI=1S/C21H22ClN3O2/c1-13-5-10-17(11-14(13)2)23-18(26)12-25-20(27)19(24-21(25,3)4)15-6-8-16(22)9-7-15/h5-11H,12H2,1-4H3,(H,23,26). The van der Waals surface area contributed by atoms with Crippen LogP contribution in [0, 0.1) is 13.8 Å². The van der Waals surface area contributed by atoms with Crippen LogP contribution in [0.4, 0.5) is 5.69 Å². The van der Waals surface area contributed by atoms with Crippen LogP contribution in [0.25, 0.3) is 0 Å². The summed E-state index contributed by atoms with van der Waals surface area (Å²) in [6.07, 6.45) is 0. The van der Waals surface area contributed by atoms with Gasteiger partial charge in [0.05, 0.1) is 0 Å². The lowest BCUT2D eigenvalue weighted by Gasteiger charge is -2.28. The van der Waals surface area contributed by atoms with E-state index in [1.165, 1.54) is 4.90 Å². The van der Waals surface area contributed by atoms with E-state index in [9.17, 15) is 9.59 Å². The van der Waals surface area contributed by atoms with Crippen LogP contribution < -0.4 is 5.32 Å². The van der Waals surface area contributed by atoms with Crippen molar-refractivity contribution in [3.8, 4) is 0 Å². The van der Waals surface area contributed by atoms with E-state index in [0.717, 1.165) is 11.1 Å². The summed E-state index contributed by atoms with van der Waals surface area (Å²) in [5.41, 5.74) is 3.20. The first kappa shape index (κ1) is 19.1. The molecule has 1 N–H and O–H groups in total. The van der Waals surface area contributed by atoms with E-state index in [1.807, 2.05) is 45.9 Å². The zero-order valence-corrected chi connectivity index (χ0v) is 16.6. The fourth-order valence-corrected chi connectivity index (χ4v) is 3.11. The van der Waals surface area contributed by atoms with Crippen molar-refractivity contribution in [3.63, 3.8) is 0 Å². The highest BCUT2D eigenvalue weighted by Gasteiger charge is 2.41. The van der Waals surface area contributed by atoms with Crippen molar-refractivity contribution in [2.45, 2.75) is 33.4 Å². The third kappa shape index (κ3) is 4.03. The Hall–Kier alpha value is -2.66. The summed E-state index contributed by atoms with van der Waals surface area (Å²) >= 11 is 5.92.